The predicted octanol–water partition coefficient (Wildman–Crippen LogP) is 2.95. The minimum atomic E-state index is 0.343. The SMILES string of the molecule is Cc1ccc(CCCC(=O)CNCC2CC2)cc1N(C)C. The molecule has 0 unspecified atom stereocenters. The normalized spacial score (nSPS) is 14.2. The lowest BCUT2D eigenvalue weighted by Crippen LogP contribution is -2.24. The molecule has 1 aliphatic carbocycles. The van der Waals surface area contributed by atoms with E-state index in [4.69, 9.17) is 0 Å². The first-order valence-electron chi connectivity index (χ1n) is 8.05. The van der Waals surface area contributed by atoms with E-state index in [2.05, 4.69) is 49.4 Å². The molecule has 1 fully saturated rings. The second-order valence-corrected chi connectivity index (χ2v) is 6.48. The van der Waals surface area contributed by atoms with Crippen molar-refractivity contribution in [2.45, 2.75) is 39.0 Å². The van der Waals surface area contributed by atoms with Crippen LogP contribution in [0, 0.1) is 12.8 Å². The van der Waals surface area contributed by atoms with E-state index in [-0.39, 0.29) is 0 Å². The van der Waals surface area contributed by atoms with Gasteiger partial charge in [-0.3, -0.25) is 4.79 Å². The number of aryl methyl sites for hydroxylation is 2. The van der Waals surface area contributed by atoms with Crippen LogP contribution in [0.1, 0.15) is 36.8 Å². The maximum Gasteiger partial charge on any atom is 0.146 e. The quantitative estimate of drug-likeness (QED) is 0.758. The van der Waals surface area contributed by atoms with Crippen LogP contribution in [0.3, 0.4) is 0 Å². The number of carbonyl (C=O) groups excluding carboxylic acids is 1. The number of anilines is 1. The Bertz CT molecular complexity index is 478. The average Bonchev–Trinajstić information content (AvgIpc) is 3.24. The van der Waals surface area contributed by atoms with E-state index in [9.17, 15) is 4.79 Å². The van der Waals surface area contributed by atoms with Crippen molar-refractivity contribution >= 4 is 11.5 Å². The Morgan fingerprint density at radius 3 is 2.76 bits per heavy atom. The largest absolute Gasteiger partial charge is 0.377 e. The fraction of sp³-hybridized carbons (Fsp3) is 0.611. The zero-order valence-electron chi connectivity index (χ0n) is 13.6. The molecule has 0 aliphatic heterocycles. The van der Waals surface area contributed by atoms with Crippen LogP contribution in [-0.4, -0.2) is 33.0 Å². The molecule has 0 spiro atoms. The number of hydrogen-bond donors (Lipinski definition) is 1. The first kappa shape index (κ1) is 16.0. The van der Waals surface area contributed by atoms with Gasteiger partial charge in [-0.2, -0.15) is 0 Å². The van der Waals surface area contributed by atoms with Crippen molar-refractivity contribution in [3.05, 3.63) is 29.3 Å². The van der Waals surface area contributed by atoms with Gasteiger partial charge in [-0.1, -0.05) is 12.1 Å². The highest BCUT2D eigenvalue weighted by atomic mass is 16.1. The number of nitrogens with zero attached hydrogens (tertiary/aromatic N) is 1. The van der Waals surface area contributed by atoms with Gasteiger partial charge in [0.05, 0.1) is 6.54 Å². The molecule has 21 heavy (non-hydrogen) atoms. The summed E-state index contributed by atoms with van der Waals surface area (Å²) in [5.41, 5.74) is 3.89. The number of benzene rings is 1. The molecular formula is C18H28N2O. The highest BCUT2D eigenvalue weighted by Gasteiger charge is 2.20. The summed E-state index contributed by atoms with van der Waals surface area (Å²) < 4.78 is 0. The van der Waals surface area contributed by atoms with E-state index in [0.29, 0.717) is 18.7 Å². The number of hydrogen-bond acceptors (Lipinski definition) is 3. The van der Waals surface area contributed by atoms with Gasteiger partial charge in [-0.05, 0) is 62.3 Å². The Morgan fingerprint density at radius 1 is 1.33 bits per heavy atom. The van der Waals surface area contributed by atoms with Crippen LogP contribution in [0.5, 0.6) is 0 Å². The molecule has 3 heteroatoms. The number of Topliss-reactive ketones (excluding diaryl/α,β-unsaturated/α-hetero) is 1. The number of nitrogens with one attached hydrogen (secondary N) is 1. The summed E-state index contributed by atoms with van der Waals surface area (Å²) in [6, 6.07) is 6.59. The van der Waals surface area contributed by atoms with Crippen molar-refractivity contribution in [1.29, 1.82) is 0 Å². The number of rotatable bonds is 9. The van der Waals surface area contributed by atoms with Crippen molar-refractivity contribution in [1.82, 2.24) is 5.32 Å². The lowest BCUT2D eigenvalue weighted by atomic mass is 10.0. The molecule has 1 aromatic rings. The van der Waals surface area contributed by atoms with E-state index in [1.165, 1.54) is 29.7 Å². The molecule has 0 bridgehead atoms. The molecule has 0 heterocycles. The molecule has 3 nitrogen and oxygen atoms in total. The average molecular weight is 288 g/mol. The maximum absolute atomic E-state index is 11.8. The first-order valence-corrected chi connectivity index (χ1v) is 8.05. The summed E-state index contributed by atoms with van der Waals surface area (Å²) in [5.74, 6) is 1.19. The fourth-order valence-electron chi connectivity index (χ4n) is 2.61. The van der Waals surface area contributed by atoms with Crippen LogP contribution in [-0.2, 0) is 11.2 Å². The topological polar surface area (TPSA) is 32.3 Å². The first-order chi connectivity index (χ1) is 10.1. The van der Waals surface area contributed by atoms with Gasteiger partial charge in [0.2, 0.25) is 0 Å². The molecule has 0 saturated heterocycles. The minimum Gasteiger partial charge on any atom is -0.377 e. The van der Waals surface area contributed by atoms with E-state index < -0.39 is 0 Å². The summed E-state index contributed by atoms with van der Waals surface area (Å²) in [5, 5.41) is 3.27. The van der Waals surface area contributed by atoms with Crippen LogP contribution in [0.4, 0.5) is 5.69 Å². The second-order valence-electron chi connectivity index (χ2n) is 6.48. The third-order valence-corrected chi connectivity index (χ3v) is 4.13. The molecule has 2 rings (SSSR count). The molecule has 1 aliphatic rings. The smallest absolute Gasteiger partial charge is 0.146 e. The minimum absolute atomic E-state index is 0.343. The van der Waals surface area contributed by atoms with Crippen LogP contribution in [0.15, 0.2) is 18.2 Å². The van der Waals surface area contributed by atoms with Crippen LogP contribution >= 0.6 is 0 Å². The molecule has 1 N–H and O–H groups in total. The van der Waals surface area contributed by atoms with Crippen molar-refractivity contribution in [2.75, 3.05) is 32.1 Å². The van der Waals surface area contributed by atoms with Crippen molar-refractivity contribution in [3.63, 3.8) is 0 Å². The molecule has 1 saturated carbocycles. The van der Waals surface area contributed by atoms with Gasteiger partial charge < -0.3 is 10.2 Å². The zero-order chi connectivity index (χ0) is 15.2. The van der Waals surface area contributed by atoms with Gasteiger partial charge in [-0.25, -0.2) is 0 Å². The summed E-state index contributed by atoms with van der Waals surface area (Å²) in [6.45, 7) is 3.71. The Balaban J connectivity index is 1.69. The highest BCUT2D eigenvalue weighted by Crippen LogP contribution is 2.27. The van der Waals surface area contributed by atoms with Gasteiger partial charge in [0, 0.05) is 26.2 Å². The molecule has 1 aromatic carbocycles. The Hall–Kier alpha value is -1.35. The van der Waals surface area contributed by atoms with E-state index in [0.717, 1.165) is 25.3 Å². The molecule has 0 aromatic heterocycles. The Labute approximate surface area is 128 Å². The standard InChI is InChI=1S/C18H28N2O/c1-14-7-8-15(11-18(14)20(2)3)5-4-6-17(21)13-19-12-16-9-10-16/h7-8,11,16,19H,4-6,9-10,12-13H2,1-3H3. The van der Waals surface area contributed by atoms with Crippen LogP contribution in [0.25, 0.3) is 0 Å². The van der Waals surface area contributed by atoms with Gasteiger partial charge in [0.25, 0.3) is 0 Å². The number of carbonyl (C=O) groups is 1. The highest BCUT2D eigenvalue weighted by molar-refractivity contribution is 5.80. The summed E-state index contributed by atoms with van der Waals surface area (Å²) >= 11 is 0. The van der Waals surface area contributed by atoms with Crippen molar-refractivity contribution < 1.29 is 4.79 Å². The molecule has 0 amide bonds. The summed E-state index contributed by atoms with van der Waals surface area (Å²) in [6.07, 6.45) is 5.28. The second kappa shape index (κ2) is 7.60. The third-order valence-electron chi connectivity index (χ3n) is 4.13. The number of ketones is 1. The lowest BCUT2D eigenvalue weighted by molar-refractivity contribution is -0.118. The molecular weight excluding hydrogens is 260 g/mol. The van der Waals surface area contributed by atoms with E-state index >= 15 is 0 Å². The van der Waals surface area contributed by atoms with E-state index in [1.54, 1.807) is 0 Å². The van der Waals surface area contributed by atoms with Crippen LogP contribution in [0.2, 0.25) is 0 Å². The van der Waals surface area contributed by atoms with Gasteiger partial charge in [0.15, 0.2) is 0 Å². The molecule has 116 valence electrons. The monoisotopic (exact) mass is 288 g/mol. The maximum atomic E-state index is 11.8. The summed E-state index contributed by atoms with van der Waals surface area (Å²) in [4.78, 5) is 13.9. The van der Waals surface area contributed by atoms with Crippen molar-refractivity contribution in [2.24, 2.45) is 5.92 Å². The van der Waals surface area contributed by atoms with Crippen molar-refractivity contribution in [3.8, 4) is 0 Å². The lowest BCUT2D eigenvalue weighted by Gasteiger charge is -2.16. The Kier molecular flexibility index (Phi) is 5.80. The van der Waals surface area contributed by atoms with Crippen LogP contribution < -0.4 is 10.2 Å². The zero-order valence-corrected chi connectivity index (χ0v) is 13.6. The van der Waals surface area contributed by atoms with Gasteiger partial charge in [0.1, 0.15) is 5.78 Å². The molecule has 0 atom stereocenters. The van der Waals surface area contributed by atoms with Gasteiger partial charge >= 0.3 is 0 Å². The molecule has 0 radical (unpaired) electrons. The third kappa shape index (κ3) is 5.50. The fourth-order valence-corrected chi connectivity index (χ4v) is 2.61. The summed E-state index contributed by atoms with van der Waals surface area (Å²) in [7, 11) is 4.14. The van der Waals surface area contributed by atoms with E-state index in [1.807, 2.05) is 0 Å². The Morgan fingerprint density at radius 2 is 2.10 bits per heavy atom. The van der Waals surface area contributed by atoms with Gasteiger partial charge in [-0.15, -0.1) is 0 Å². The predicted molar refractivity (Wildman–Crippen MR) is 89.0 cm³/mol.